The highest BCUT2D eigenvalue weighted by Crippen LogP contribution is 2.09. The molecule has 0 bridgehead atoms. The number of para-hydroxylation sites is 1. The number of rotatable bonds is 8. The molecule has 1 aromatic carbocycles. The van der Waals surface area contributed by atoms with Gasteiger partial charge in [-0.15, -0.1) is 23.2 Å². The number of carbonyl (C=O) groups excluding carboxylic acids is 2. The highest BCUT2D eigenvalue weighted by Gasteiger charge is 2.17. The summed E-state index contributed by atoms with van der Waals surface area (Å²) in [4.78, 5) is 22.2. The molecule has 0 radical (unpaired) electrons. The summed E-state index contributed by atoms with van der Waals surface area (Å²) in [5.41, 5.74) is 0. The minimum absolute atomic E-state index is 0.0439. The number of esters is 2. The third kappa shape index (κ3) is 6.63. The Morgan fingerprint density at radius 2 is 1.65 bits per heavy atom. The highest BCUT2D eigenvalue weighted by atomic mass is 35.5. The van der Waals surface area contributed by atoms with Crippen molar-refractivity contribution in [3.05, 3.63) is 30.3 Å². The van der Waals surface area contributed by atoms with Gasteiger partial charge < -0.3 is 14.2 Å². The average molecular weight is 321 g/mol. The van der Waals surface area contributed by atoms with E-state index in [1.165, 1.54) is 0 Å². The minimum Gasteiger partial charge on any atom is -0.490 e. The molecule has 1 atom stereocenters. The molecule has 0 unspecified atom stereocenters. The van der Waals surface area contributed by atoms with E-state index in [-0.39, 0.29) is 25.0 Å². The Hall–Kier alpha value is -1.46. The van der Waals surface area contributed by atoms with Crippen molar-refractivity contribution < 1.29 is 23.8 Å². The molecule has 0 aliphatic heterocycles. The Morgan fingerprint density at radius 3 is 2.25 bits per heavy atom. The van der Waals surface area contributed by atoms with E-state index in [2.05, 4.69) is 0 Å². The van der Waals surface area contributed by atoms with Crippen LogP contribution in [0.4, 0.5) is 0 Å². The molecule has 110 valence electrons. The Kier molecular flexibility index (Phi) is 7.84. The third-order valence-corrected chi connectivity index (χ3v) is 2.56. The first-order valence-electron chi connectivity index (χ1n) is 5.80. The zero-order chi connectivity index (χ0) is 14.8. The zero-order valence-corrected chi connectivity index (χ0v) is 12.1. The van der Waals surface area contributed by atoms with Gasteiger partial charge in [0, 0.05) is 0 Å². The molecule has 0 saturated carbocycles. The van der Waals surface area contributed by atoms with E-state index in [9.17, 15) is 9.59 Å². The Balaban J connectivity index is 2.48. The van der Waals surface area contributed by atoms with Gasteiger partial charge in [-0.05, 0) is 12.1 Å². The van der Waals surface area contributed by atoms with Crippen molar-refractivity contribution in [3.63, 3.8) is 0 Å². The van der Waals surface area contributed by atoms with Crippen LogP contribution in [0.2, 0.25) is 0 Å². The summed E-state index contributed by atoms with van der Waals surface area (Å²) in [5, 5.41) is 0. The van der Waals surface area contributed by atoms with Crippen molar-refractivity contribution in [2.45, 2.75) is 6.10 Å². The van der Waals surface area contributed by atoms with Crippen molar-refractivity contribution in [3.8, 4) is 5.75 Å². The Labute approximate surface area is 126 Å². The predicted molar refractivity (Wildman–Crippen MR) is 74.2 cm³/mol. The molecular weight excluding hydrogens is 307 g/mol. The topological polar surface area (TPSA) is 61.8 Å². The zero-order valence-electron chi connectivity index (χ0n) is 10.6. The van der Waals surface area contributed by atoms with Crippen LogP contribution >= 0.6 is 23.2 Å². The van der Waals surface area contributed by atoms with Crippen LogP contribution in [0.15, 0.2) is 30.3 Å². The molecule has 0 aromatic heterocycles. The van der Waals surface area contributed by atoms with Crippen molar-refractivity contribution >= 4 is 35.1 Å². The van der Waals surface area contributed by atoms with Gasteiger partial charge in [-0.2, -0.15) is 0 Å². The maximum Gasteiger partial charge on any atom is 0.321 e. The smallest absolute Gasteiger partial charge is 0.321 e. The minimum atomic E-state index is -0.742. The quantitative estimate of drug-likeness (QED) is 0.541. The molecule has 0 heterocycles. The van der Waals surface area contributed by atoms with Gasteiger partial charge in [0.2, 0.25) is 0 Å². The molecule has 0 saturated heterocycles. The van der Waals surface area contributed by atoms with E-state index >= 15 is 0 Å². The lowest BCUT2D eigenvalue weighted by Gasteiger charge is -2.17. The number of ether oxygens (including phenoxy) is 3. The first kappa shape index (κ1) is 16.6. The summed E-state index contributed by atoms with van der Waals surface area (Å²) in [6.45, 7) is -0.0940. The van der Waals surface area contributed by atoms with Gasteiger partial charge in [-0.3, -0.25) is 9.59 Å². The predicted octanol–water partition coefficient (Wildman–Crippen LogP) is 2.00. The van der Waals surface area contributed by atoms with Crippen LogP contribution in [0.1, 0.15) is 0 Å². The number of alkyl halides is 2. The number of benzene rings is 1. The first-order chi connectivity index (χ1) is 9.65. The van der Waals surface area contributed by atoms with Gasteiger partial charge in [-0.25, -0.2) is 0 Å². The Morgan fingerprint density at radius 1 is 1.00 bits per heavy atom. The molecule has 0 aliphatic carbocycles. The standard InChI is InChI=1S/C13H14Cl2O5/c14-6-12(16)19-9-11(20-13(17)7-15)8-18-10-4-2-1-3-5-10/h1-5,11H,6-9H2/t11-/m0/s1. The molecule has 0 N–H and O–H groups in total. The second-order valence-electron chi connectivity index (χ2n) is 3.69. The molecule has 5 nitrogen and oxygen atoms in total. The van der Waals surface area contributed by atoms with Crippen LogP contribution in [0, 0.1) is 0 Å². The fraction of sp³-hybridized carbons (Fsp3) is 0.385. The van der Waals surface area contributed by atoms with Crippen LogP contribution in [-0.2, 0) is 19.1 Å². The van der Waals surface area contributed by atoms with E-state index in [0.717, 1.165) is 0 Å². The fourth-order valence-electron chi connectivity index (χ4n) is 1.26. The third-order valence-electron chi connectivity index (χ3n) is 2.13. The van der Waals surface area contributed by atoms with Gasteiger partial charge in [0.1, 0.15) is 30.7 Å². The van der Waals surface area contributed by atoms with E-state index in [0.29, 0.717) is 5.75 Å². The molecule has 1 aromatic rings. The fourth-order valence-corrected chi connectivity index (χ4v) is 1.40. The van der Waals surface area contributed by atoms with Gasteiger partial charge >= 0.3 is 11.9 Å². The lowest BCUT2D eigenvalue weighted by atomic mass is 10.3. The normalized spacial score (nSPS) is 11.5. The number of hydrogen-bond acceptors (Lipinski definition) is 5. The van der Waals surface area contributed by atoms with Gasteiger partial charge in [0.05, 0.1) is 0 Å². The second-order valence-corrected chi connectivity index (χ2v) is 4.22. The molecule has 0 aliphatic rings. The largest absolute Gasteiger partial charge is 0.490 e. The monoisotopic (exact) mass is 320 g/mol. The first-order valence-corrected chi connectivity index (χ1v) is 6.87. The van der Waals surface area contributed by atoms with Crippen molar-refractivity contribution in [2.24, 2.45) is 0 Å². The summed E-state index contributed by atoms with van der Waals surface area (Å²) < 4.78 is 15.3. The summed E-state index contributed by atoms with van der Waals surface area (Å²) in [6, 6.07) is 8.97. The van der Waals surface area contributed by atoms with Crippen LogP contribution in [-0.4, -0.2) is 43.0 Å². The Bertz CT molecular complexity index is 424. The van der Waals surface area contributed by atoms with Crippen molar-refractivity contribution in [1.82, 2.24) is 0 Å². The lowest BCUT2D eigenvalue weighted by molar-refractivity contribution is -0.157. The van der Waals surface area contributed by atoms with Crippen molar-refractivity contribution in [1.29, 1.82) is 0 Å². The molecule has 1 rings (SSSR count). The lowest BCUT2D eigenvalue weighted by Crippen LogP contribution is -2.31. The van der Waals surface area contributed by atoms with Gasteiger partial charge in [-0.1, -0.05) is 18.2 Å². The van der Waals surface area contributed by atoms with E-state index in [4.69, 9.17) is 37.4 Å². The molecule has 20 heavy (non-hydrogen) atoms. The summed E-state index contributed by atoms with van der Waals surface area (Å²) in [7, 11) is 0. The molecular formula is C13H14Cl2O5. The highest BCUT2D eigenvalue weighted by molar-refractivity contribution is 6.26. The van der Waals surface area contributed by atoms with Crippen LogP contribution < -0.4 is 4.74 Å². The summed E-state index contributed by atoms with van der Waals surface area (Å²) >= 11 is 10.7. The number of halogens is 2. The van der Waals surface area contributed by atoms with Gasteiger partial charge in [0.25, 0.3) is 0 Å². The summed E-state index contributed by atoms with van der Waals surface area (Å²) in [6.07, 6.45) is -0.742. The second kappa shape index (κ2) is 9.44. The SMILES string of the molecule is O=C(CCl)OC[C@H](COc1ccccc1)OC(=O)CCl. The van der Waals surface area contributed by atoms with Gasteiger partial charge in [0.15, 0.2) is 6.10 Å². The number of hydrogen-bond donors (Lipinski definition) is 0. The summed E-state index contributed by atoms with van der Waals surface area (Å²) in [5.74, 6) is -1.15. The van der Waals surface area contributed by atoms with Crippen LogP contribution in [0.3, 0.4) is 0 Å². The van der Waals surface area contributed by atoms with E-state index in [1.807, 2.05) is 18.2 Å². The van der Waals surface area contributed by atoms with Crippen LogP contribution in [0.25, 0.3) is 0 Å². The maximum atomic E-state index is 11.2. The average Bonchev–Trinajstić information content (AvgIpc) is 2.50. The molecule has 0 amide bonds. The van der Waals surface area contributed by atoms with E-state index in [1.54, 1.807) is 12.1 Å². The van der Waals surface area contributed by atoms with E-state index < -0.39 is 18.0 Å². The molecule has 0 fully saturated rings. The molecule has 7 heteroatoms. The molecule has 0 spiro atoms. The van der Waals surface area contributed by atoms with Crippen molar-refractivity contribution in [2.75, 3.05) is 25.0 Å². The van der Waals surface area contributed by atoms with Crippen LogP contribution in [0.5, 0.6) is 5.75 Å². The number of carbonyl (C=O) groups is 2. The maximum absolute atomic E-state index is 11.2.